The number of nitrogens with one attached hydrogen (secondary N) is 1. The van der Waals surface area contributed by atoms with Crippen LogP contribution in [-0.2, 0) is 14.9 Å². The van der Waals surface area contributed by atoms with E-state index in [1.54, 1.807) is 18.2 Å². The average Bonchev–Trinajstić information content (AvgIpc) is 2.26. The van der Waals surface area contributed by atoms with Crippen molar-refractivity contribution >= 4 is 32.5 Å². The first-order chi connectivity index (χ1) is 8.39. The smallest absolute Gasteiger partial charge is 0.744 e. The zero-order valence-electron chi connectivity index (χ0n) is 10.5. The van der Waals surface area contributed by atoms with E-state index in [2.05, 4.69) is 5.32 Å². The van der Waals surface area contributed by atoms with Crippen LogP contribution < -0.4 is 34.9 Å². The second kappa shape index (κ2) is 6.02. The van der Waals surface area contributed by atoms with Gasteiger partial charge in [-0.2, -0.15) is 0 Å². The third-order valence-corrected chi connectivity index (χ3v) is 3.36. The van der Waals surface area contributed by atoms with Gasteiger partial charge in [-0.25, -0.2) is 8.42 Å². The molecule has 19 heavy (non-hydrogen) atoms. The predicted octanol–water partition coefficient (Wildman–Crippen LogP) is -1.29. The molecule has 2 aromatic carbocycles. The fraction of sp³-hybridized carbons (Fsp3) is 0.0833. The van der Waals surface area contributed by atoms with Gasteiger partial charge in [0.2, 0.25) is 5.91 Å². The number of carbonyl (C=O) groups is 1. The van der Waals surface area contributed by atoms with Crippen molar-refractivity contribution in [2.24, 2.45) is 0 Å². The van der Waals surface area contributed by atoms with Crippen molar-refractivity contribution in [3.05, 3.63) is 36.4 Å². The van der Waals surface area contributed by atoms with E-state index in [9.17, 15) is 17.8 Å². The molecule has 2 aromatic rings. The van der Waals surface area contributed by atoms with Crippen LogP contribution in [0.15, 0.2) is 41.3 Å². The third-order valence-electron chi connectivity index (χ3n) is 2.46. The summed E-state index contributed by atoms with van der Waals surface area (Å²) in [6, 6.07) is 9.13. The zero-order valence-corrected chi connectivity index (χ0v) is 13.3. The molecule has 0 saturated carbocycles. The van der Waals surface area contributed by atoms with Crippen molar-refractivity contribution in [1.29, 1.82) is 0 Å². The number of carbonyl (C=O) groups excluding carboxylic acids is 1. The van der Waals surface area contributed by atoms with E-state index < -0.39 is 10.1 Å². The van der Waals surface area contributed by atoms with Gasteiger partial charge in [0, 0.05) is 23.4 Å². The molecule has 0 aliphatic carbocycles. The average molecular weight is 287 g/mol. The normalized spacial score (nSPS) is 10.8. The summed E-state index contributed by atoms with van der Waals surface area (Å²) in [5.74, 6) is -0.266. The van der Waals surface area contributed by atoms with Gasteiger partial charge >= 0.3 is 29.6 Å². The molecular weight excluding hydrogens is 277 g/mol. The van der Waals surface area contributed by atoms with Crippen LogP contribution in [0.5, 0.6) is 0 Å². The minimum absolute atomic E-state index is 0. The Bertz CT molecular complexity index is 728. The van der Waals surface area contributed by atoms with Gasteiger partial charge in [-0.3, -0.25) is 4.79 Å². The summed E-state index contributed by atoms with van der Waals surface area (Å²) in [5.41, 5.74) is 0.477. The molecule has 0 aliphatic heterocycles. The summed E-state index contributed by atoms with van der Waals surface area (Å²) in [5, 5.41) is 3.41. The van der Waals surface area contributed by atoms with Crippen LogP contribution in [0.1, 0.15) is 6.92 Å². The van der Waals surface area contributed by atoms with Crippen LogP contribution in [-0.4, -0.2) is 18.9 Å². The van der Waals surface area contributed by atoms with Crippen LogP contribution in [0, 0.1) is 0 Å². The molecule has 0 radical (unpaired) electrons. The Morgan fingerprint density at radius 1 is 1.11 bits per heavy atom. The molecule has 94 valence electrons. The molecule has 0 spiro atoms. The second-order valence-corrected chi connectivity index (χ2v) is 5.14. The number of amides is 1. The van der Waals surface area contributed by atoms with Crippen molar-refractivity contribution in [3.63, 3.8) is 0 Å². The Labute approximate surface area is 133 Å². The van der Waals surface area contributed by atoms with Gasteiger partial charge in [0.1, 0.15) is 10.1 Å². The molecule has 1 N–H and O–H groups in total. The Hall–Kier alpha value is -0.920. The van der Waals surface area contributed by atoms with Gasteiger partial charge in [0.25, 0.3) is 0 Å². The standard InChI is InChI=1S/C12H11NO4S.Na/c1-8(14)13-11-6-2-5-10-9(11)4-3-7-12(10)18(15,16)17;/h2-7H,1H3,(H,13,14)(H,15,16,17);/q;+1/p-1. The molecule has 0 saturated heterocycles. The van der Waals surface area contributed by atoms with Gasteiger partial charge in [0.15, 0.2) is 0 Å². The van der Waals surface area contributed by atoms with Crippen molar-refractivity contribution < 1.29 is 47.3 Å². The first-order valence-electron chi connectivity index (χ1n) is 5.15. The van der Waals surface area contributed by atoms with E-state index in [1.165, 1.54) is 25.1 Å². The maximum absolute atomic E-state index is 11.1. The van der Waals surface area contributed by atoms with E-state index >= 15 is 0 Å². The molecule has 0 heterocycles. The number of fused-ring (bicyclic) bond motifs is 1. The number of rotatable bonds is 2. The van der Waals surface area contributed by atoms with E-state index in [-0.39, 0.29) is 40.4 Å². The molecule has 0 aromatic heterocycles. The minimum Gasteiger partial charge on any atom is -0.744 e. The molecule has 7 heteroatoms. The molecule has 0 unspecified atom stereocenters. The van der Waals surface area contributed by atoms with Crippen molar-refractivity contribution in [2.45, 2.75) is 11.8 Å². The second-order valence-electron chi connectivity index (χ2n) is 3.79. The quantitative estimate of drug-likeness (QED) is 0.550. The summed E-state index contributed by atoms with van der Waals surface area (Å²) in [6.45, 7) is 1.35. The fourth-order valence-electron chi connectivity index (χ4n) is 1.80. The topological polar surface area (TPSA) is 86.3 Å². The van der Waals surface area contributed by atoms with Crippen LogP contribution >= 0.6 is 0 Å². The van der Waals surface area contributed by atoms with E-state index in [0.29, 0.717) is 16.5 Å². The van der Waals surface area contributed by atoms with E-state index in [0.717, 1.165) is 0 Å². The monoisotopic (exact) mass is 287 g/mol. The molecule has 1 amide bonds. The van der Waals surface area contributed by atoms with Crippen molar-refractivity contribution in [1.82, 2.24) is 0 Å². The van der Waals surface area contributed by atoms with Gasteiger partial charge in [-0.1, -0.05) is 24.3 Å². The summed E-state index contributed by atoms with van der Waals surface area (Å²) in [6.07, 6.45) is 0. The molecule has 0 aliphatic rings. The van der Waals surface area contributed by atoms with Crippen molar-refractivity contribution in [2.75, 3.05) is 5.32 Å². The van der Waals surface area contributed by atoms with Gasteiger partial charge in [0.05, 0.1) is 4.90 Å². The maximum atomic E-state index is 11.1. The first-order valence-corrected chi connectivity index (χ1v) is 6.55. The molecule has 0 atom stereocenters. The fourth-order valence-corrected chi connectivity index (χ4v) is 2.49. The van der Waals surface area contributed by atoms with E-state index in [4.69, 9.17) is 0 Å². The number of benzene rings is 2. The SMILES string of the molecule is CC(=O)Nc1cccc2c(S(=O)(=O)[O-])cccc12.[Na+]. The van der Waals surface area contributed by atoms with Crippen LogP contribution in [0.2, 0.25) is 0 Å². The Balaban J connectivity index is 0.00000180. The number of anilines is 1. The minimum atomic E-state index is -4.54. The summed E-state index contributed by atoms with van der Waals surface area (Å²) >= 11 is 0. The third kappa shape index (κ3) is 3.55. The zero-order chi connectivity index (χ0) is 13.3. The molecular formula is C12H10NNaO4S. The molecule has 0 fully saturated rings. The Kier molecular flexibility index (Phi) is 5.11. The number of hydrogen-bond acceptors (Lipinski definition) is 4. The first kappa shape index (κ1) is 16.1. The van der Waals surface area contributed by atoms with Gasteiger partial charge in [-0.05, 0) is 12.1 Å². The summed E-state index contributed by atoms with van der Waals surface area (Å²) in [4.78, 5) is 10.8. The van der Waals surface area contributed by atoms with E-state index in [1.807, 2.05) is 0 Å². The Morgan fingerprint density at radius 3 is 2.26 bits per heavy atom. The van der Waals surface area contributed by atoms with Crippen molar-refractivity contribution in [3.8, 4) is 0 Å². The van der Waals surface area contributed by atoms with Crippen LogP contribution in [0.4, 0.5) is 5.69 Å². The summed E-state index contributed by atoms with van der Waals surface area (Å²) in [7, 11) is -4.54. The van der Waals surface area contributed by atoms with Gasteiger partial charge < -0.3 is 9.87 Å². The Morgan fingerprint density at radius 2 is 1.68 bits per heavy atom. The maximum Gasteiger partial charge on any atom is 1.00 e. The van der Waals surface area contributed by atoms with Crippen LogP contribution in [0.3, 0.4) is 0 Å². The molecule has 5 nitrogen and oxygen atoms in total. The van der Waals surface area contributed by atoms with Gasteiger partial charge in [-0.15, -0.1) is 0 Å². The van der Waals surface area contributed by atoms with Crippen LogP contribution in [0.25, 0.3) is 10.8 Å². The largest absolute Gasteiger partial charge is 1.00 e. The summed E-state index contributed by atoms with van der Waals surface area (Å²) < 4.78 is 33.4. The molecule has 0 bridgehead atoms. The number of hydrogen-bond donors (Lipinski definition) is 1. The molecule has 2 rings (SSSR count). The predicted molar refractivity (Wildman–Crippen MR) is 66.2 cm³/mol.